The van der Waals surface area contributed by atoms with E-state index in [-0.39, 0.29) is 0 Å². The number of rotatable bonds is 4. The van der Waals surface area contributed by atoms with Gasteiger partial charge in [-0.25, -0.2) is 0 Å². The van der Waals surface area contributed by atoms with E-state index in [1.807, 2.05) is 11.3 Å². The number of nitrogens with one attached hydrogen (secondary N) is 1. The summed E-state index contributed by atoms with van der Waals surface area (Å²) < 4.78 is 1.81. The Morgan fingerprint density at radius 3 is 2.29 bits per heavy atom. The normalized spacial score (nSPS) is 11.1. The Morgan fingerprint density at radius 2 is 1.82 bits per heavy atom. The van der Waals surface area contributed by atoms with Crippen molar-refractivity contribution in [1.29, 1.82) is 0 Å². The predicted molar refractivity (Wildman–Crippen MR) is 81.4 cm³/mol. The first kappa shape index (κ1) is 13.6. The molecule has 2 aromatic heterocycles. The molecule has 0 aromatic carbocycles. The lowest BCUT2D eigenvalue weighted by Gasteiger charge is -1.99. The summed E-state index contributed by atoms with van der Waals surface area (Å²) in [5, 5.41) is 3.44. The zero-order valence-corrected chi connectivity index (χ0v) is 13.6. The van der Waals surface area contributed by atoms with Crippen LogP contribution in [-0.4, -0.2) is 0 Å². The molecule has 0 aliphatic heterocycles. The van der Waals surface area contributed by atoms with Crippen molar-refractivity contribution in [2.45, 2.75) is 26.9 Å². The summed E-state index contributed by atoms with van der Waals surface area (Å²) in [4.78, 5) is 4.05. The van der Waals surface area contributed by atoms with Gasteiger partial charge in [-0.05, 0) is 47.5 Å². The highest BCUT2D eigenvalue weighted by molar-refractivity contribution is 9.10. The summed E-state index contributed by atoms with van der Waals surface area (Å²) in [6.07, 6.45) is 0. The third kappa shape index (κ3) is 3.55. The van der Waals surface area contributed by atoms with Crippen molar-refractivity contribution in [3.05, 3.63) is 41.1 Å². The van der Waals surface area contributed by atoms with Gasteiger partial charge in [-0.1, -0.05) is 11.6 Å². The van der Waals surface area contributed by atoms with Gasteiger partial charge < -0.3 is 5.32 Å². The minimum absolute atomic E-state index is 0.824. The van der Waals surface area contributed by atoms with Gasteiger partial charge in [-0.2, -0.15) is 0 Å². The molecule has 2 aromatic rings. The van der Waals surface area contributed by atoms with E-state index in [1.54, 1.807) is 11.3 Å². The van der Waals surface area contributed by atoms with Crippen LogP contribution in [0.15, 0.2) is 16.6 Å². The molecule has 2 rings (SSSR count). The Morgan fingerprint density at radius 1 is 1.18 bits per heavy atom. The average Bonchev–Trinajstić information content (AvgIpc) is 2.73. The Bertz CT molecular complexity index is 433. The molecule has 0 spiro atoms. The minimum Gasteiger partial charge on any atom is -0.307 e. The maximum atomic E-state index is 6.00. The van der Waals surface area contributed by atoms with Crippen molar-refractivity contribution in [1.82, 2.24) is 5.32 Å². The summed E-state index contributed by atoms with van der Waals surface area (Å²) in [6.45, 7) is 6.11. The maximum absolute atomic E-state index is 6.00. The van der Waals surface area contributed by atoms with E-state index in [0.717, 1.165) is 21.9 Å². The van der Waals surface area contributed by atoms with E-state index in [4.69, 9.17) is 11.6 Å². The number of hydrogen-bond donors (Lipinski definition) is 1. The molecule has 0 radical (unpaired) electrons. The average molecular weight is 351 g/mol. The molecule has 1 N–H and O–H groups in total. The van der Waals surface area contributed by atoms with Gasteiger partial charge in [0.1, 0.15) is 4.34 Å². The summed E-state index contributed by atoms with van der Waals surface area (Å²) in [5.41, 5.74) is 1.38. The van der Waals surface area contributed by atoms with E-state index in [1.165, 1.54) is 20.2 Å². The van der Waals surface area contributed by atoms with Crippen LogP contribution in [0.1, 0.15) is 20.2 Å². The van der Waals surface area contributed by atoms with Gasteiger partial charge in [0.15, 0.2) is 0 Å². The highest BCUT2D eigenvalue weighted by Gasteiger charge is 2.05. The van der Waals surface area contributed by atoms with Gasteiger partial charge in [0, 0.05) is 32.2 Å². The standard InChI is InChI=1S/C12H13BrClNS2/c1-7-3-9(16-8(7)2)5-15-6-10-4-11(13)12(14)17-10/h3-4,15H,5-6H2,1-2H3. The van der Waals surface area contributed by atoms with Crippen LogP contribution in [0, 0.1) is 13.8 Å². The summed E-state index contributed by atoms with van der Waals surface area (Å²) >= 11 is 12.9. The fourth-order valence-electron chi connectivity index (χ4n) is 1.52. The van der Waals surface area contributed by atoms with Crippen molar-refractivity contribution < 1.29 is 0 Å². The number of aryl methyl sites for hydroxylation is 2. The lowest BCUT2D eigenvalue weighted by atomic mass is 10.3. The molecule has 0 bridgehead atoms. The number of thiophene rings is 2. The number of halogens is 2. The Hall–Kier alpha value is 0.130. The van der Waals surface area contributed by atoms with Crippen molar-refractivity contribution in [3.8, 4) is 0 Å². The van der Waals surface area contributed by atoms with Crippen molar-refractivity contribution in [2.24, 2.45) is 0 Å². The molecule has 0 unspecified atom stereocenters. The van der Waals surface area contributed by atoms with Crippen molar-refractivity contribution in [3.63, 3.8) is 0 Å². The van der Waals surface area contributed by atoms with Crippen LogP contribution in [0.3, 0.4) is 0 Å². The van der Waals surface area contributed by atoms with E-state index < -0.39 is 0 Å². The van der Waals surface area contributed by atoms with E-state index in [0.29, 0.717) is 0 Å². The Balaban J connectivity index is 1.87. The lowest BCUT2D eigenvalue weighted by Crippen LogP contribution is -2.10. The fourth-order valence-corrected chi connectivity index (χ4v) is 4.31. The van der Waals surface area contributed by atoms with Crippen molar-refractivity contribution >= 4 is 50.2 Å². The first-order valence-electron chi connectivity index (χ1n) is 5.26. The fraction of sp³-hybridized carbons (Fsp3) is 0.333. The second-order valence-electron chi connectivity index (χ2n) is 3.89. The predicted octanol–water partition coefficient (Wildman–Crippen LogP) is 5.13. The molecule has 0 fully saturated rings. The van der Waals surface area contributed by atoms with Crippen molar-refractivity contribution in [2.75, 3.05) is 0 Å². The summed E-state index contributed by atoms with van der Waals surface area (Å²) in [7, 11) is 0. The van der Waals surface area contributed by atoms with Crippen LogP contribution >= 0.6 is 50.2 Å². The maximum Gasteiger partial charge on any atom is 0.107 e. The van der Waals surface area contributed by atoms with Gasteiger partial charge in [0.05, 0.1) is 0 Å². The van der Waals surface area contributed by atoms with Gasteiger partial charge in [-0.15, -0.1) is 22.7 Å². The summed E-state index contributed by atoms with van der Waals surface area (Å²) in [6, 6.07) is 4.33. The van der Waals surface area contributed by atoms with Crippen LogP contribution in [-0.2, 0) is 13.1 Å². The lowest BCUT2D eigenvalue weighted by molar-refractivity contribution is 0.708. The molecule has 2 heterocycles. The van der Waals surface area contributed by atoms with Gasteiger partial charge >= 0.3 is 0 Å². The molecule has 0 saturated heterocycles. The molecule has 1 nitrogen and oxygen atoms in total. The molecule has 92 valence electrons. The monoisotopic (exact) mass is 349 g/mol. The SMILES string of the molecule is Cc1cc(CNCc2cc(Br)c(Cl)s2)sc1C. The molecule has 5 heteroatoms. The molecular weight excluding hydrogens is 338 g/mol. The van der Waals surface area contributed by atoms with E-state index in [2.05, 4.69) is 47.2 Å². The van der Waals surface area contributed by atoms with Gasteiger partial charge in [-0.3, -0.25) is 0 Å². The molecular formula is C12H13BrClNS2. The van der Waals surface area contributed by atoms with Crippen LogP contribution in [0.2, 0.25) is 4.34 Å². The molecule has 0 amide bonds. The third-order valence-electron chi connectivity index (χ3n) is 2.51. The van der Waals surface area contributed by atoms with Crippen LogP contribution in [0.5, 0.6) is 0 Å². The highest BCUT2D eigenvalue weighted by Crippen LogP contribution is 2.31. The molecule has 0 atom stereocenters. The largest absolute Gasteiger partial charge is 0.307 e. The van der Waals surface area contributed by atoms with E-state index in [9.17, 15) is 0 Å². The van der Waals surface area contributed by atoms with Gasteiger partial charge in [0.25, 0.3) is 0 Å². The molecule has 0 aliphatic rings. The zero-order valence-electron chi connectivity index (χ0n) is 9.64. The second-order valence-corrected chi connectivity index (χ2v) is 7.82. The zero-order chi connectivity index (χ0) is 12.4. The Kier molecular flexibility index (Phi) is 4.66. The van der Waals surface area contributed by atoms with Crippen LogP contribution in [0.25, 0.3) is 0 Å². The van der Waals surface area contributed by atoms with Crippen LogP contribution < -0.4 is 5.32 Å². The third-order valence-corrected chi connectivity index (χ3v) is 6.14. The minimum atomic E-state index is 0.824. The molecule has 0 aliphatic carbocycles. The van der Waals surface area contributed by atoms with Crippen LogP contribution in [0.4, 0.5) is 0 Å². The first-order valence-corrected chi connectivity index (χ1v) is 8.07. The second kappa shape index (κ2) is 5.85. The molecule has 0 saturated carbocycles. The topological polar surface area (TPSA) is 12.0 Å². The quantitative estimate of drug-likeness (QED) is 0.805. The summed E-state index contributed by atoms with van der Waals surface area (Å²) in [5.74, 6) is 0. The molecule has 17 heavy (non-hydrogen) atoms. The smallest absolute Gasteiger partial charge is 0.107 e. The van der Waals surface area contributed by atoms with E-state index >= 15 is 0 Å². The highest BCUT2D eigenvalue weighted by atomic mass is 79.9. The first-order chi connectivity index (χ1) is 8.06. The Labute approximate surface area is 123 Å². The van der Waals surface area contributed by atoms with Gasteiger partial charge in [0.2, 0.25) is 0 Å². The number of hydrogen-bond acceptors (Lipinski definition) is 3.